The Kier molecular flexibility index (Phi) is 7.25. The second-order valence-electron chi connectivity index (χ2n) is 10.5. The second-order valence-corrected chi connectivity index (χ2v) is 10.5. The molecule has 1 aromatic rings. The number of carbonyl (C=O) groups is 2. The molecule has 5 nitrogen and oxygen atoms in total. The Bertz CT molecular complexity index is 773. The predicted octanol–water partition coefficient (Wildman–Crippen LogP) is 4.69. The zero-order valence-electron chi connectivity index (χ0n) is 19.7. The molecule has 1 aromatic carbocycles. The number of nitrogens with one attached hydrogen (secondary N) is 2. The molecule has 2 amide bonds. The summed E-state index contributed by atoms with van der Waals surface area (Å²) in [6.45, 7) is 13.7. The first-order valence-corrected chi connectivity index (χ1v) is 11.7. The lowest BCUT2D eigenvalue weighted by Gasteiger charge is -2.55. The summed E-state index contributed by atoms with van der Waals surface area (Å²) in [5.74, 6) is -0.120. The van der Waals surface area contributed by atoms with Gasteiger partial charge in [0.1, 0.15) is 0 Å². The van der Waals surface area contributed by atoms with E-state index in [1.807, 2.05) is 6.08 Å². The number of carbonyl (C=O) groups excluding carboxylic acids is 2. The van der Waals surface area contributed by atoms with Crippen molar-refractivity contribution in [1.82, 2.24) is 15.5 Å². The van der Waals surface area contributed by atoms with Crippen LogP contribution in [0, 0.1) is 0 Å². The summed E-state index contributed by atoms with van der Waals surface area (Å²) in [7, 11) is 0. The highest BCUT2D eigenvalue weighted by Crippen LogP contribution is 2.38. The van der Waals surface area contributed by atoms with Gasteiger partial charge in [-0.05, 0) is 77.6 Å². The minimum atomic E-state index is -0.0759. The highest BCUT2D eigenvalue weighted by atomic mass is 16.2. The summed E-state index contributed by atoms with van der Waals surface area (Å²) in [5.41, 5.74) is 1.14. The zero-order valence-corrected chi connectivity index (χ0v) is 19.7. The van der Waals surface area contributed by atoms with Crippen molar-refractivity contribution in [3.8, 4) is 0 Å². The van der Waals surface area contributed by atoms with Crippen molar-refractivity contribution in [3.05, 3.63) is 48.0 Å². The zero-order chi connectivity index (χ0) is 22.6. The predicted molar refractivity (Wildman–Crippen MR) is 126 cm³/mol. The fourth-order valence-electron chi connectivity index (χ4n) is 5.60. The summed E-state index contributed by atoms with van der Waals surface area (Å²) < 4.78 is 0. The van der Waals surface area contributed by atoms with Crippen molar-refractivity contribution in [2.45, 2.75) is 95.8 Å². The van der Waals surface area contributed by atoms with Crippen LogP contribution >= 0.6 is 0 Å². The van der Waals surface area contributed by atoms with E-state index in [9.17, 15) is 9.59 Å². The van der Waals surface area contributed by atoms with Gasteiger partial charge in [0.25, 0.3) is 11.8 Å². The molecule has 2 N–H and O–H groups in total. The maximum absolute atomic E-state index is 12.9. The average molecular weight is 426 g/mol. The molecule has 0 aromatic heterocycles. The van der Waals surface area contributed by atoms with Gasteiger partial charge in [-0.2, -0.15) is 0 Å². The summed E-state index contributed by atoms with van der Waals surface area (Å²) in [5, 5.41) is 6.36. The maximum Gasteiger partial charge on any atom is 0.251 e. The molecule has 2 fully saturated rings. The first-order valence-electron chi connectivity index (χ1n) is 11.7. The lowest BCUT2D eigenvalue weighted by atomic mass is 9.77. The van der Waals surface area contributed by atoms with Gasteiger partial charge < -0.3 is 10.6 Å². The number of rotatable bonds is 6. The summed E-state index contributed by atoms with van der Waals surface area (Å²) >= 11 is 0. The van der Waals surface area contributed by atoms with E-state index in [4.69, 9.17) is 0 Å². The normalized spacial score (nSPS) is 21.9. The van der Waals surface area contributed by atoms with Gasteiger partial charge in [0.2, 0.25) is 0 Å². The quantitative estimate of drug-likeness (QED) is 0.650. The Morgan fingerprint density at radius 1 is 0.903 bits per heavy atom. The Hall–Kier alpha value is -2.14. The van der Waals surface area contributed by atoms with Crippen molar-refractivity contribution in [3.63, 3.8) is 0 Å². The standard InChI is InChI=1S/C26H39N3O2/c1-6-16-29-25(2,3)17-22(18-26(29,4)5)28-24(31)20-14-12-19(13-15-20)23(30)27-21-10-8-7-9-11-21/h6,12-15,21-22H,1,7-11,16-18H2,2-5H3,(H,27,30)(H,28,31). The van der Waals surface area contributed by atoms with Crippen molar-refractivity contribution in [2.75, 3.05) is 6.54 Å². The van der Waals surface area contributed by atoms with Crippen molar-refractivity contribution in [1.29, 1.82) is 0 Å². The third-order valence-corrected chi connectivity index (χ3v) is 6.95. The Balaban J connectivity index is 1.60. The van der Waals surface area contributed by atoms with Crippen LogP contribution in [0.4, 0.5) is 0 Å². The van der Waals surface area contributed by atoms with Crippen LogP contribution in [0.15, 0.2) is 36.9 Å². The van der Waals surface area contributed by atoms with Crippen LogP contribution in [-0.2, 0) is 0 Å². The third kappa shape index (κ3) is 5.76. The van der Waals surface area contributed by atoms with Crippen LogP contribution in [-0.4, -0.2) is 46.4 Å². The summed E-state index contributed by atoms with van der Waals surface area (Å²) in [6.07, 6.45) is 9.48. The topological polar surface area (TPSA) is 61.4 Å². The SMILES string of the molecule is C=CCN1C(C)(C)CC(NC(=O)c2ccc(C(=O)NC3CCCCC3)cc2)CC1(C)C. The molecule has 1 saturated carbocycles. The molecular formula is C26H39N3O2. The highest BCUT2D eigenvalue weighted by molar-refractivity contribution is 5.98. The largest absolute Gasteiger partial charge is 0.349 e. The molecule has 31 heavy (non-hydrogen) atoms. The van der Waals surface area contributed by atoms with Gasteiger partial charge in [-0.1, -0.05) is 25.3 Å². The van der Waals surface area contributed by atoms with Gasteiger partial charge in [0.05, 0.1) is 0 Å². The molecule has 5 heteroatoms. The van der Waals surface area contributed by atoms with E-state index in [2.05, 4.69) is 49.8 Å². The lowest BCUT2D eigenvalue weighted by molar-refractivity contribution is -0.0297. The molecule has 0 spiro atoms. The number of nitrogens with zero attached hydrogens (tertiary/aromatic N) is 1. The molecule has 170 valence electrons. The number of benzene rings is 1. The monoisotopic (exact) mass is 425 g/mol. The van der Waals surface area contributed by atoms with Gasteiger partial charge in [-0.3, -0.25) is 14.5 Å². The molecule has 3 rings (SSSR count). The molecule has 0 unspecified atom stereocenters. The number of amides is 2. The fraction of sp³-hybridized carbons (Fsp3) is 0.615. The summed E-state index contributed by atoms with van der Waals surface area (Å²) in [4.78, 5) is 27.9. The summed E-state index contributed by atoms with van der Waals surface area (Å²) in [6, 6.07) is 7.42. The van der Waals surface area contributed by atoms with E-state index >= 15 is 0 Å². The Morgan fingerprint density at radius 3 is 1.81 bits per heavy atom. The number of hydrogen-bond acceptors (Lipinski definition) is 3. The van der Waals surface area contributed by atoms with Crippen LogP contribution in [0.2, 0.25) is 0 Å². The maximum atomic E-state index is 12.9. The van der Waals surface area contributed by atoms with Crippen molar-refractivity contribution >= 4 is 11.8 Å². The third-order valence-electron chi connectivity index (χ3n) is 6.95. The van der Waals surface area contributed by atoms with E-state index in [1.165, 1.54) is 19.3 Å². The first kappa shape index (κ1) is 23.5. The van der Waals surface area contributed by atoms with Crippen LogP contribution in [0.25, 0.3) is 0 Å². The van der Waals surface area contributed by atoms with Gasteiger partial charge >= 0.3 is 0 Å². The number of hydrogen-bond donors (Lipinski definition) is 2. The molecule has 0 radical (unpaired) electrons. The molecule has 1 aliphatic heterocycles. The first-order chi connectivity index (χ1) is 14.6. The second kappa shape index (κ2) is 9.56. The molecule has 1 heterocycles. The smallest absolute Gasteiger partial charge is 0.251 e. The van der Waals surface area contributed by atoms with Gasteiger partial charge in [0, 0.05) is 40.8 Å². The molecule has 1 aliphatic carbocycles. The average Bonchev–Trinajstić information content (AvgIpc) is 2.71. The molecule has 2 aliphatic rings. The Labute approximate surface area is 187 Å². The van der Waals surface area contributed by atoms with Gasteiger partial charge in [0.15, 0.2) is 0 Å². The van der Waals surface area contributed by atoms with E-state index in [0.29, 0.717) is 11.1 Å². The van der Waals surface area contributed by atoms with E-state index in [-0.39, 0.29) is 35.0 Å². The molecule has 1 saturated heterocycles. The van der Waals surface area contributed by atoms with Crippen molar-refractivity contribution in [2.24, 2.45) is 0 Å². The highest BCUT2D eigenvalue weighted by Gasteiger charge is 2.44. The number of likely N-dealkylation sites (tertiary alicyclic amines) is 1. The van der Waals surface area contributed by atoms with Crippen LogP contribution < -0.4 is 10.6 Å². The van der Waals surface area contributed by atoms with Crippen LogP contribution in [0.1, 0.15) is 93.4 Å². The van der Waals surface area contributed by atoms with E-state index in [0.717, 1.165) is 32.2 Å². The van der Waals surface area contributed by atoms with Crippen LogP contribution in [0.5, 0.6) is 0 Å². The number of piperidine rings is 1. The van der Waals surface area contributed by atoms with Crippen LogP contribution in [0.3, 0.4) is 0 Å². The molecule has 0 bridgehead atoms. The molecular weight excluding hydrogens is 386 g/mol. The minimum Gasteiger partial charge on any atom is -0.349 e. The fourth-order valence-corrected chi connectivity index (χ4v) is 5.60. The van der Waals surface area contributed by atoms with Crippen molar-refractivity contribution < 1.29 is 9.59 Å². The van der Waals surface area contributed by atoms with Gasteiger partial charge in [-0.15, -0.1) is 6.58 Å². The molecule has 0 atom stereocenters. The lowest BCUT2D eigenvalue weighted by Crippen LogP contribution is -2.64. The van der Waals surface area contributed by atoms with Gasteiger partial charge in [-0.25, -0.2) is 0 Å². The van der Waals surface area contributed by atoms with E-state index < -0.39 is 0 Å². The minimum absolute atomic E-state index is 0.0328. The Morgan fingerprint density at radius 2 is 1.35 bits per heavy atom. The van der Waals surface area contributed by atoms with E-state index in [1.54, 1.807) is 24.3 Å².